The number of nitrogen functional groups attached to an aromatic ring is 1. The minimum Gasteiger partial charge on any atom is -0.383 e. The highest BCUT2D eigenvalue weighted by molar-refractivity contribution is 7.13. The van der Waals surface area contributed by atoms with Crippen molar-refractivity contribution in [1.82, 2.24) is 9.97 Å². The molecule has 0 unspecified atom stereocenters. The molecule has 2 aromatic rings. The molecule has 0 fully saturated rings. The summed E-state index contributed by atoms with van der Waals surface area (Å²) in [7, 11) is 0. The number of hydrogen-bond donors (Lipinski definition) is 1. The Bertz CT molecular complexity index is 524. The first-order valence-electron chi connectivity index (χ1n) is 5.58. The average Bonchev–Trinajstić information content (AvgIpc) is 2.73. The van der Waals surface area contributed by atoms with Gasteiger partial charge in [0, 0.05) is 11.0 Å². The first-order chi connectivity index (χ1) is 7.89. The lowest BCUT2D eigenvalue weighted by Gasteiger charge is -2.18. The third-order valence-corrected chi connectivity index (χ3v) is 3.49. The molecule has 0 saturated carbocycles. The Labute approximate surface area is 106 Å². The molecule has 2 rings (SSSR count). The standard InChI is InChI=1S/C13H17N3S/c1-8-10(9-6-5-7-17-9)15-12(13(2,3)4)16-11(8)14/h5-7H,1-4H3,(H2,14,15,16). The van der Waals surface area contributed by atoms with Gasteiger partial charge in [-0.25, -0.2) is 9.97 Å². The van der Waals surface area contributed by atoms with E-state index < -0.39 is 0 Å². The van der Waals surface area contributed by atoms with Crippen molar-refractivity contribution >= 4 is 17.2 Å². The van der Waals surface area contributed by atoms with Crippen LogP contribution >= 0.6 is 11.3 Å². The molecular formula is C13H17N3S. The maximum atomic E-state index is 5.98. The number of rotatable bonds is 1. The van der Waals surface area contributed by atoms with Gasteiger partial charge in [0.05, 0.1) is 10.6 Å². The van der Waals surface area contributed by atoms with Gasteiger partial charge >= 0.3 is 0 Å². The molecule has 0 saturated heterocycles. The van der Waals surface area contributed by atoms with Crippen LogP contribution in [0, 0.1) is 6.92 Å². The molecule has 2 N–H and O–H groups in total. The van der Waals surface area contributed by atoms with E-state index >= 15 is 0 Å². The van der Waals surface area contributed by atoms with E-state index in [0.29, 0.717) is 5.82 Å². The minimum atomic E-state index is -0.0895. The van der Waals surface area contributed by atoms with Gasteiger partial charge in [-0.15, -0.1) is 11.3 Å². The Kier molecular flexibility index (Phi) is 2.91. The molecule has 90 valence electrons. The Balaban J connectivity index is 2.64. The molecule has 3 nitrogen and oxygen atoms in total. The Morgan fingerprint density at radius 3 is 2.47 bits per heavy atom. The molecule has 2 aromatic heterocycles. The molecule has 0 atom stereocenters. The second-order valence-electron chi connectivity index (χ2n) is 5.13. The van der Waals surface area contributed by atoms with Gasteiger partial charge < -0.3 is 5.73 Å². The van der Waals surface area contributed by atoms with Crippen LogP contribution in [-0.4, -0.2) is 9.97 Å². The summed E-state index contributed by atoms with van der Waals surface area (Å²) in [5.74, 6) is 1.37. The van der Waals surface area contributed by atoms with Gasteiger partial charge in [-0.2, -0.15) is 0 Å². The van der Waals surface area contributed by atoms with E-state index in [1.165, 1.54) is 0 Å². The van der Waals surface area contributed by atoms with E-state index in [1.54, 1.807) is 11.3 Å². The lowest BCUT2D eigenvalue weighted by molar-refractivity contribution is 0.546. The van der Waals surface area contributed by atoms with Crippen molar-refractivity contribution in [2.24, 2.45) is 0 Å². The fourth-order valence-electron chi connectivity index (χ4n) is 1.52. The summed E-state index contributed by atoms with van der Waals surface area (Å²) >= 11 is 1.67. The molecule has 0 amide bonds. The molecule has 0 bridgehead atoms. The van der Waals surface area contributed by atoms with Gasteiger partial charge in [0.15, 0.2) is 0 Å². The molecule has 17 heavy (non-hydrogen) atoms. The van der Waals surface area contributed by atoms with Gasteiger partial charge in [0.1, 0.15) is 11.6 Å². The summed E-state index contributed by atoms with van der Waals surface area (Å²) in [5.41, 5.74) is 7.80. The molecule has 0 spiro atoms. The van der Waals surface area contributed by atoms with Crippen molar-refractivity contribution in [3.05, 3.63) is 28.9 Å². The second kappa shape index (κ2) is 4.11. The van der Waals surface area contributed by atoms with Gasteiger partial charge in [-0.1, -0.05) is 26.8 Å². The number of nitrogens with two attached hydrogens (primary N) is 1. The Morgan fingerprint density at radius 1 is 1.24 bits per heavy atom. The van der Waals surface area contributed by atoms with Crippen LogP contribution in [0.15, 0.2) is 17.5 Å². The monoisotopic (exact) mass is 247 g/mol. The summed E-state index contributed by atoms with van der Waals surface area (Å²) < 4.78 is 0. The molecule has 2 heterocycles. The highest BCUT2D eigenvalue weighted by Gasteiger charge is 2.21. The van der Waals surface area contributed by atoms with Crippen LogP contribution in [-0.2, 0) is 5.41 Å². The summed E-state index contributed by atoms with van der Waals surface area (Å²) in [6, 6.07) is 4.08. The van der Waals surface area contributed by atoms with Gasteiger partial charge in [-0.3, -0.25) is 0 Å². The van der Waals surface area contributed by atoms with E-state index in [4.69, 9.17) is 5.73 Å². The normalized spacial score (nSPS) is 11.8. The lowest BCUT2D eigenvalue weighted by Crippen LogP contribution is -2.18. The van der Waals surface area contributed by atoms with E-state index in [1.807, 2.05) is 18.4 Å². The fraction of sp³-hybridized carbons (Fsp3) is 0.385. The lowest BCUT2D eigenvalue weighted by atomic mass is 9.95. The van der Waals surface area contributed by atoms with Crippen LogP contribution in [0.1, 0.15) is 32.2 Å². The quantitative estimate of drug-likeness (QED) is 0.840. The van der Waals surface area contributed by atoms with Crippen LogP contribution in [0.4, 0.5) is 5.82 Å². The van der Waals surface area contributed by atoms with E-state index in [2.05, 4.69) is 36.8 Å². The van der Waals surface area contributed by atoms with Crippen molar-refractivity contribution in [3.8, 4) is 10.6 Å². The molecule has 0 aliphatic carbocycles. The molecule has 0 aliphatic heterocycles. The van der Waals surface area contributed by atoms with Crippen molar-refractivity contribution < 1.29 is 0 Å². The van der Waals surface area contributed by atoms with Crippen molar-refractivity contribution in [2.45, 2.75) is 33.1 Å². The van der Waals surface area contributed by atoms with Crippen molar-refractivity contribution in [1.29, 1.82) is 0 Å². The van der Waals surface area contributed by atoms with Gasteiger partial charge in [0.2, 0.25) is 0 Å². The van der Waals surface area contributed by atoms with E-state index in [-0.39, 0.29) is 5.41 Å². The number of thiophene rings is 1. The summed E-state index contributed by atoms with van der Waals surface area (Å²) in [6.45, 7) is 8.25. The predicted octanol–water partition coefficient (Wildman–Crippen LogP) is 3.39. The van der Waals surface area contributed by atoms with E-state index in [9.17, 15) is 0 Å². The average molecular weight is 247 g/mol. The zero-order chi connectivity index (χ0) is 12.6. The third kappa shape index (κ3) is 2.31. The van der Waals surface area contributed by atoms with Gasteiger partial charge in [-0.05, 0) is 18.4 Å². The topological polar surface area (TPSA) is 51.8 Å². The van der Waals surface area contributed by atoms with Crippen molar-refractivity contribution in [3.63, 3.8) is 0 Å². The summed E-state index contributed by atoms with van der Waals surface area (Å²) in [4.78, 5) is 10.2. The minimum absolute atomic E-state index is 0.0895. The molecule has 0 radical (unpaired) electrons. The smallest absolute Gasteiger partial charge is 0.136 e. The molecule has 4 heteroatoms. The number of anilines is 1. The Hall–Kier alpha value is -1.42. The first kappa shape index (κ1) is 12.0. The molecule has 0 aliphatic rings. The van der Waals surface area contributed by atoms with Crippen LogP contribution in [0.25, 0.3) is 10.6 Å². The summed E-state index contributed by atoms with van der Waals surface area (Å²) in [6.07, 6.45) is 0. The maximum Gasteiger partial charge on any atom is 0.136 e. The van der Waals surface area contributed by atoms with Crippen molar-refractivity contribution in [2.75, 3.05) is 5.73 Å². The highest BCUT2D eigenvalue weighted by atomic mass is 32.1. The van der Waals surface area contributed by atoms with Gasteiger partial charge in [0.25, 0.3) is 0 Å². The SMILES string of the molecule is Cc1c(N)nc(C(C)(C)C)nc1-c1cccs1. The largest absolute Gasteiger partial charge is 0.383 e. The fourth-order valence-corrected chi connectivity index (χ4v) is 2.29. The number of aromatic nitrogens is 2. The molecular weight excluding hydrogens is 230 g/mol. The highest BCUT2D eigenvalue weighted by Crippen LogP contribution is 2.30. The zero-order valence-electron chi connectivity index (χ0n) is 10.6. The summed E-state index contributed by atoms with van der Waals surface area (Å²) in [5, 5.41) is 2.05. The van der Waals surface area contributed by atoms with Crippen LogP contribution in [0.2, 0.25) is 0 Å². The van der Waals surface area contributed by atoms with Crippen LogP contribution in [0.3, 0.4) is 0 Å². The number of nitrogens with zero attached hydrogens (tertiary/aromatic N) is 2. The predicted molar refractivity (Wildman–Crippen MR) is 73.2 cm³/mol. The molecule has 0 aromatic carbocycles. The maximum absolute atomic E-state index is 5.98. The van der Waals surface area contributed by atoms with Crippen LogP contribution in [0.5, 0.6) is 0 Å². The number of hydrogen-bond acceptors (Lipinski definition) is 4. The zero-order valence-corrected chi connectivity index (χ0v) is 11.4. The first-order valence-corrected chi connectivity index (χ1v) is 6.46. The van der Waals surface area contributed by atoms with Crippen LogP contribution < -0.4 is 5.73 Å². The second-order valence-corrected chi connectivity index (χ2v) is 6.08. The third-order valence-electron chi connectivity index (χ3n) is 2.61. The Morgan fingerprint density at radius 2 is 1.94 bits per heavy atom. The van der Waals surface area contributed by atoms with E-state index in [0.717, 1.165) is 22.0 Å².